The molecule has 0 N–H and O–H groups in total. The topological polar surface area (TPSA) is 39.2 Å². The van der Waals surface area contributed by atoms with Crippen LogP contribution in [0.15, 0.2) is 70.9 Å². The molecule has 0 aliphatic carbocycles. The molecule has 0 saturated heterocycles. The number of carbonyl (C=O) groups excluding carboxylic acids is 1. The van der Waals surface area contributed by atoms with Crippen LogP contribution in [0.3, 0.4) is 0 Å². The van der Waals surface area contributed by atoms with Crippen LogP contribution in [0, 0.1) is 0 Å². The van der Waals surface area contributed by atoms with Gasteiger partial charge in [-0.25, -0.2) is 0 Å². The number of allylic oxidation sites excluding steroid dienone is 1. The van der Waals surface area contributed by atoms with Crippen molar-refractivity contribution in [3.05, 3.63) is 87.6 Å². The summed E-state index contributed by atoms with van der Waals surface area (Å²) < 4.78 is 0. The number of halogens is 1. The average Bonchev–Trinajstić information content (AvgIpc) is 3.28. The fourth-order valence-corrected chi connectivity index (χ4v) is 4.90. The normalized spacial score (nSPS) is 18.9. The maximum Gasteiger partial charge on any atom is 0.259 e. The molecule has 2 aromatic carbocycles. The smallest absolute Gasteiger partial charge is 0.259 e. The molecule has 0 bridgehead atoms. The van der Waals surface area contributed by atoms with Gasteiger partial charge in [0.2, 0.25) is 5.96 Å². The van der Waals surface area contributed by atoms with E-state index in [-0.39, 0.29) is 5.91 Å². The largest absolute Gasteiger partial charge is 0.314 e. The van der Waals surface area contributed by atoms with Crippen molar-refractivity contribution >= 4 is 29.5 Å². The van der Waals surface area contributed by atoms with Crippen molar-refractivity contribution in [2.45, 2.75) is 26.4 Å². The van der Waals surface area contributed by atoms with Crippen molar-refractivity contribution in [1.29, 1.82) is 0 Å². The van der Waals surface area contributed by atoms with Crippen LogP contribution in [-0.4, -0.2) is 52.7 Å². The lowest BCUT2D eigenvalue weighted by Gasteiger charge is -2.42. The minimum atomic E-state index is 0.0826. The van der Waals surface area contributed by atoms with Gasteiger partial charge in [-0.3, -0.25) is 19.6 Å². The molecule has 5 nitrogen and oxygen atoms in total. The summed E-state index contributed by atoms with van der Waals surface area (Å²) in [4.78, 5) is 24.8. The van der Waals surface area contributed by atoms with E-state index in [0.29, 0.717) is 18.1 Å². The second-order valence-corrected chi connectivity index (χ2v) is 8.92. The molecule has 0 unspecified atom stereocenters. The van der Waals surface area contributed by atoms with Crippen LogP contribution in [0.1, 0.15) is 30.0 Å². The van der Waals surface area contributed by atoms with Crippen molar-refractivity contribution in [3.8, 4) is 0 Å². The van der Waals surface area contributed by atoms with Gasteiger partial charge in [-0.05, 0) is 35.7 Å². The number of rotatable bonds is 5. The zero-order chi connectivity index (χ0) is 22.1. The fraction of sp³-hybridized carbons (Fsp3) is 0.308. The first kappa shape index (κ1) is 21.0. The molecule has 0 radical (unpaired) electrons. The molecule has 164 valence electrons. The van der Waals surface area contributed by atoms with Crippen LogP contribution < -0.4 is 0 Å². The van der Waals surface area contributed by atoms with Crippen LogP contribution >= 0.6 is 11.6 Å². The molecule has 3 heterocycles. The number of guanidine groups is 1. The molecule has 0 spiro atoms. The lowest BCUT2D eigenvalue weighted by Crippen LogP contribution is -2.53. The van der Waals surface area contributed by atoms with E-state index < -0.39 is 0 Å². The summed E-state index contributed by atoms with van der Waals surface area (Å²) in [5, 5.41) is 0.699. The molecule has 3 aliphatic rings. The lowest BCUT2D eigenvalue weighted by molar-refractivity contribution is -0.125. The van der Waals surface area contributed by atoms with E-state index in [2.05, 4.69) is 51.2 Å². The Morgan fingerprint density at radius 1 is 1.06 bits per heavy atom. The fourth-order valence-electron chi connectivity index (χ4n) is 4.77. The summed E-state index contributed by atoms with van der Waals surface area (Å²) in [6.07, 6.45) is 5.06. The van der Waals surface area contributed by atoms with Crippen LogP contribution in [0.2, 0.25) is 5.02 Å². The molecule has 3 aliphatic heterocycles. The van der Waals surface area contributed by atoms with Crippen molar-refractivity contribution < 1.29 is 4.79 Å². The molecule has 32 heavy (non-hydrogen) atoms. The number of hydrogen-bond donors (Lipinski definition) is 0. The first-order valence-electron chi connectivity index (χ1n) is 11.2. The van der Waals surface area contributed by atoms with Crippen LogP contribution in [0.5, 0.6) is 0 Å². The SMILES string of the molecule is C/C=C\c1cccc(CN2CCC3=C(C2)C(=O)N(Cc2ccc(Cl)cc2)C2=NCCN23)c1. The third-order valence-corrected chi connectivity index (χ3v) is 6.51. The quantitative estimate of drug-likeness (QED) is 0.676. The van der Waals surface area contributed by atoms with E-state index in [4.69, 9.17) is 11.6 Å². The molecule has 5 rings (SSSR count). The first-order chi connectivity index (χ1) is 15.6. The van der Waals surface area contributed by atoms with Crippen LogP contribution in [-0.2, 0) is 17.9 Å². The summed E-state index contributed by atoms with van der Waals surface area (Å²) in [5.74, 6) is 0.885. The Morgan fingerprint density at radius 2 is 1.91 bits per heavy atom. The van der Waals surface area contributed by atoms with Gasteiger partial charge in [-0.15, -0.1) is 0 Å². The Morgan fingerprint density at radius 3 is 2.72 bits per heavy atom. The zero-order valence-corrected chi connectivity index (χ0v) is 19.1. The van der Waals surface area contributed by atoms with E-state index in [1.165, 1.54) is 11.1 Å². The van der Waals surface area contributed by atoms with Crippen molar-refractivity contribution in [3.63, 3.8) is 0 Å². The van der Waals surface area contributed by atoms with Crippen LogP contribution in [0.4, 0.5) is 0 Å². The minimum Gasteiger partial charge on any atom is -0.314 e. The number of amides is 1. The van der Waals surface area contributed by atoms with E-state index in [0.717, 1.165) is 55.4 Å². The van der Waals surface area contributed by atoms with Crippen molar-refractivity contribution in [2.75, 3.05) is 26.2 Å². The maximum atomic E-state index is 13.6. The van der Waals surface area contributed by atoms with E-state index >= 15 is 0 Å². The summed E-state index contributed by atoms with van der Waals surface area (Å²) in [6.45, 7) is 6.58. The second-order valence-electron chi connectivity index (χ2n) is 8.48. The summed E-state index contributed by atoms with van der Waals surface area (Å²) in [7, 11) is 0. The lowest BCUT2D eigenvalue weighted by atomic mass is 9.99. The van der Waals surface area contributed by atoms with Gasteiger partial charge < -0.3 is 4.90 Å². The summed E-state index contributed by atoms with van der Waals surface area (Å²) >= 11 is 6.04. The monoisotopic (exact) mass is 446 g/mol. The highest BCUT2D eigenvalue weighted by Crippen LogP contribution is 2.32. The molecule has 0 saturated carbocycles. The van der Waals surface area contributed by atoms with Gasteiger partial charge in [0.05, 0.1) is 18.7 Å². The molecule has 2 aromatic rings. The predicted molar refractivity (Wildman–Crippen MR) is 129 cm³/mol. The standard InChI is InChI=1S/C26H27ClN4O/c1-2-4-19-5-3-6-21(15-19)16-29-13-11-24-23(18-29)25(32)31(26-28-12-14-30(24)26)17-20-7-9-22(27)10-8-20/h2-10,15H,11-14,16-18H2,1H3/b4-2-. The Hall–Kier alpha value is -2.89. The van der Waals surface area contributed by atoms with Gasteiger partial charge in [-0.2, -0.15) is 0 Å². The Balaban J connectivity index is 1.37. The molecule has 6 heteroatoms. The van der Waals surface area contributed by atoms with Crippen molar-refractivity contribution in [2.24, 2.45) is 4.99 Å². The minimum absolute atomic E-state index is 0.0826. The van der Waals surface area contributed by atoms with E-state index in [9.17, 15) is 4.79 Å². The molecule has 0 atom stereocenters. The Labute approximate surface area is 194 Å². The highest BCUT2D eigenvalue weighted by molar-refractivity contribution is 6.30. The van der Waals surface area contributed by atoms with Gasteiger partial charge in [0.1, 0.15) is 0 Å². The van der Waals surface area contributed by atoms with Crippen LogP contribution in [0.25, 0.3) is 6.08 Å². The molecule has 1 amide bonds. The van der Waals surface area contributed by atoms with E-state index in [1.54, 1.807) is 0 Å². The third kappa shape index (κ3) is 4.10. The summed E-state index contributed by atoms with van der Waals surface area (Å²) in [5.41, 5.74) is 5.61. The molecule has 0 aromatic heterocycles. The number of aliphatic imine (C=N–C) groups is 1. The van der Waals surface area contributed by atoms with Gasteiger partial charge in [-0.1, -0.05) is 60.2 Å². The predicted octanol–water partition coefficient (Wildman–Crippen LogP) is 4.55. The van der Waals surface area contributed by atoms with Gasteiger partial charge in [0.25, 0.3) is 5.91 Å². The highest BCUT2D eigenvalue weighted by atomic mass is 35.5. The van der Waals surface area contributed by atoms with Crippen molar-refractivity contribution in [1.82, 2.24) is 14.7 Å². The van der Waals surface area contributed by atoms with Gasteiger partial charge in [0, 0.05) is 43.3 Å². The number of carbonyl (C=O) groups is 1. The first-order valence-corrected chi connectivity index (χ1v) is 11.5. The molecule has 0 fully saturated rings. The molecular formula is C26H27ClN4O. The number of benzene rings is 2. The molecular weight excluding hydrogens is 420 g/mol. The van der Waals surface area contributed by atoms with E-state index in [1.807, 2.05) is 36.1 Å². The maximum absolute atomic E-state index is 13.6. The van der Waals surface area contributed by atoms with Gasteiger partial charge in [0.15, 0.2) is 0 Å². The Bertz CT molecular complexity index is 1120. The number of nitrogens with zero attached hydrogens (tertiary/aromatic N) is 4. The average molecular weight is 447 g/mol. The zero-order valence-electron chi connectivity index (χ0n) is 18.3. The highest BCUT2D eigenvalue weighted by Gasteiger charge is 2.40. The number of fused-ring (bicyclic) bond motifs is 2. The van der Waals surface area contributed by atoms with Gasteiger partial charge >= 0.3 is 0 Å². The number of hydrogen-bond acceptors (Lipinski definition) is 4. The third-order valence-electron chi connectivity index (χ3n) is 6.25. The second kappa shape index (κ2) is 8.93. The summed E-state index contributed by atoms with van der Waals surface area (Å²) in [6, 6.07) is 16.3. The Kier molecular flexibility index (Phi) is 5.85.